The fraction of sp³-hybridized carbons (Fsp3) is 0.0870. The monoisotopic (exact) mass is 451 g/mol. The molecule has 31 heavy (non-hydrogen) atoms. The van der Waals surface area contributed by atoms with E-state index < -0.39 is 0 Å². The molecule has 2 amide bonds. The van der Waals surface area contributed by atoms with Crippen molar-refractivity contribution in [3.05, 3.63) is 99.4 Å². The molecular formula is C23H18ClN3O3S. The molecule has 0 unspecified atom stereocenters. The van der Waals surface area contributed by atoms with Gasteiger partial charge in [0.05, 0.1) is 6.26 Å². The molecule has 0 aliphatic heterocycles. The van der Waals surface area contributed by atoms with Crippen LogP contribution in [-0.4, -0.2) is 16.8 Å². The first-order valence-corrected chi connectivity index (χ1v) is 10.6. The molecule has 0 aliphatic rings. The fourth-order valence-corrected chi connectivity index (χ4v) is 3.88. The molecule has 0 fully saturated rings. The predicted octanol–water partition coefficient (Wildman–Crippen LogP) is 5.79. The zero-order valence-corrected chi connectivity index (χ0v) is 18.1. The van der Waals surface area contributed by atoms with Crippen LogP contribution in [0.4, 0.5) is 10.8 Å². The number of hydrogen-bond acceptors (Lipinski definition) is 5. The molecule has 4 rings (SSSR count). The lowest BCUT2D eigenvalue weighted by atomic mass is 10.1. The van der Waals surface area contributed by atoms with Crippen LogP contribution in [0.25, 0.3) is 0 Å². The second-order valence-electron chi connectivity index (χ2n) is 6.85. The van der Waals surface area contributed by atoms with E-state index in [1.54, 1.807) is 36.5 Å². The Morgan fingerprint density at radius 2 is 1.87 bits per heavy atom. The summed E-state index contributed by atoms with van der Waals surface area (Å²) in [6.45, 7) is 1.85. The van der Waals surface area contributed by atoms with E-state index in [4.69, 9.17) is 16.0 Å². The summed E-state index contributed by atoms with van der Waals surface area (Å²) in [5, 5.41) is 6.79. The minimum absolute atomic E-state index is 0.199. The van der Waals surface area contributed by atoms with Crippen molar-refractivity contribution in [2.45, 2.75) is 13.3 Å². The third kappa shape index (κ3) is 5.20. The number of rotatable bonds is 6. The predicted molar refractivity (Wildman–Crippen MR) is 122 cm³/mol. The average molecular weight is 452 g/mol. The molecule has 156 valence electrons. The number of halogens is 1. The van der Waals surface area contributed by atoms with Gasteiger partial charge in [-0.2, -0.15) is 0 Å². The summed E-state index contributed by atoms with van der Waals surface area (Å²) in [6, 6.07) is 16.0. The number of anilines is 2. The van der Waals surface area contributed by atoms with Crippen molar-refractivity contribution in [2.24, 2.45) is 0 Å². The van der Waals surface area contributed by atoms with Crippen LogP contribution in [0, 0.1) is 6.92 Å². The van der Waals surface area contributed by atoms with E-state index in [1.165, 1.54) is 17.6 Å². The Balaban J connectivity index is 1.43. The van der Waals surface area contributed by atoms with Crippen molar-refractivity contribution in [2.75, 3.05) is 10.6 Å². The van der Waals surface area contributed by atoms with Gasteiger partial charge in [-0.25, -0.2) is 4.98 Å². The van der Waals surface area contributed by atoms with Crippen molar-refractivity contribution in [3.63, 3.8) is 0 Å². The molecule has 2 aromatic carbocycles. The molecule has 4 aromatic rings. The topological polar surface area (TPSA) is 84.2 Å². The number of nitrogens with zero attached hydrogens (tertiary/aromatic N) is 1. The summed E-state index contributed by atoms with van der Waals surface area (Å²) in [5.74, 6) is -0.483. The highest BCUT2D eigenvalue weighted by atomic mass is 35.5. The number of benzene rings is 2. The van der Waals surface area contributed by atoms with Gasteiger partial charge in [0.25, 0.3) is 11.8 Å². The number of carbonyl (C=O) groups is 2. The number of aromatic nitrogens is 1. The minimum atomic E-state index is -0.377. The van der Waals surface area contributed by atoms with E-state index in [0.717, 1.165) is 16.0 Å². The zero-order valence-electron chi connectivity index (χ0n) is 16.5. The lowest BCUT2D eigenvalue weighted by Gasteiger charge is -2.09. The van der Waals surface area contributed by atoms with Gasteiger partial charge in [-0.1, -0.05) is 29.8 Å². The SMILES string of the molecule is Cc1ccc(C(=O)Nc2ncc(Cc3ccc(Cl)cc3)s2)cc1NC(=O)c1ccco1. The second kappa shape index (κ2) is 9.16. The first kappa shape index (κ1) is 20.8. The highest BCUT2D eigenvalue weighted by molar-refractivity contribution is 7.15. The van der Waals surface area contributed by atoms with E-state index in [2.05, 4.69) is 15.6 Å². The van der Waals surface area contributed by atoms with Crippen LogP contribution in [0.15, 0.2) is 71.5 Å². The van der Waals surface area contributed by atoms with E-state index in [0.29, 0.717) is 27.8 Å². The lowest BCUT2D eigenvalue weighted by molar-refractivity contribution is 0.0993. The largest absolute Gasteiger partial charge is 0.459 e. The van der Waals surface area contributed by atoms with Crippen LogP contribution in [-0.2, 0) is 6.42 Å². The van der Waals surface area contributed by atoms with E-state index in [1.807, 2.05) is 31.2 Å². The smallest absolute Gasteiger partial charge is 0.291 e. The molecule has 0 atom stereocenters. The van der Waals surface area contributed by atoms with Crippen LogP contribution < -0.4 is 10.6 Å². The summed E-state index contributed by atoms with van der Waals surface area (Å²) in [7, 11) is 0. The Labute approximate surface area is 187 Å². The maximum absolute atomic E-state index is 12.7. The van der Waals surface area contributed by atoms with E-state index in [9.17, 15) is 9.59 Å². The third-order valence-electron chi connectivity index (χ3n) is 4.56. The molecule has 8 heteroatoms. The molecule has 2 aromatic heterocycles. The molecule has 0 spiro atoms. The van der Waals surface area contributed by atoms with Crippen LogP contribution in [0.1, 0.15) is 36.9 Å². The molecular weight excluding hydrogens is 434 g/mol. The number of carbonyl (C=O) groups excluding carboxylic acids is 2. The quantitative estimate of drug-likeness (QED) is 0.388. The molecule has 0 aliphatic carbocycles. The van der Waals surface area contributed by atoms with Crippen LogP contribution in [0.2, 0.25) is 5.02 Å². The summed E-state index contributed by atoms with van der Waals surface area (Å²) in [4.78, 5) is 30.3. The summed E-state index contributed by atoms with van der Waals surface area (Å²) >= 11 is 7.34. The maximum atomic E-state index is 12.7. The number of hydrogen-bond donors (Lipinski definition) is 2. The average Bonchev–Trinajstić information content (AvgIpc) is 3.44. The van der Waals surface area contributed by atoms with Crippen molar-refractivity contribution >= 4 is 45.6 Å². The standard InChI is InChI=1S/C23H18ClN3O3S/c1-14-4-7-16(12-19(14)26-22(29)20-3-2-10-30-20)21(28)27-23-25-13-18(31-23)11-15-5-8-17(24)9-6-15/h2-10,12-13H,11H2,1H3,(H,26,29)(H,25,27,28). The van der Waals surface area contributed by atoms with Crippen LogP contribution >= 0.6 is 22.9 Å². The van der Waals surface area contributed by atoms with Gasteiger partial charge in [0, 0.05) is 33.8 Å². The number of amides is 2. The molecule has 6 nitrogen and oxygen atoms in total. The number of furan rings is 1. The molecule has 2 N–H and O–H groups in total. The summed E-state index contributed by atoms with van der Waals surface area (Å²) < 4.78 is 5.11. The fourth-order valence-electron chi connectivity index (χ4n) is 2.91. The Bertz CT molecular complexity index is 1220. The highest BCUT2D eigenvalue weighted by Crippen LogP contribution is 2.24. The first-order chi connectivity index (χ1) is 15.0. The van der Waals surface area contributed by atoms with Gasteiger partial charge in [0.2, 0.25) is 0 Å². The van der Waals surface area contributed by atoms with Gasteiger partial charge in [-0.15, -0.1) is 11.3 Å². The summed E-state index contributed by atoms with van der Waals surface area (Å²) in [5.41, 5.74) is 2.89. The lowest BCUT2D eigenvalue weighted by Crippen LogP contribution is -2.15. The van der Waals surface area contributed by atoms with Gasteiger partial charge < -0.3 is 9.73 Å². The molecule has 0 radical (unpaired) electrons. The third-order valence-corrected chi connectivity index (χ3v) is 5.72. The van der Waals surface area contributed by atoms with Crippen molar-refractivity contribution in [1.82, 2.24) is 4.98 Å². The number of thiazole rings is 1. The molecule has 0 saturated heterocycles. The van der Waals surface area contributed by atoms with Crippen molar-refractivity contribution in [1.29, 1.82) is 0 Å². The second-order valence-corrected chi connectivity index (χ2v) is 8.40. The first-order valence-electron chi connectivity index (χ1n) is 9.44. The van der Waals surface area contributed by atoms with Gasteiger partial charge in [0.15, 0.2) is 10.9 Å². The Hall–Kier alpha value is -3.42. The minimum Gasteiger partial charge on any atom is -0.459 e. The highest BCUT2D eigenvalue weighted by Gasteiger charge is 2.14. The molecule has 2 heterocycles. The van der Waals surface area contributed by atoms with Crippen molar-refractivity contribution in [3.8, 4) is 0 Å². The zero-order chi connectivity index (χ0) is 21.8. The van der Waals surface area contributed by atoms with Gasteiger partial charge in [0.1, 0.15) is 0 Å². The maximum Gasteiger partial charge on any atom is 0.291 e. The Morgan fingerprint density at radius 1 is 1.06 bits per heavy atom. The summed E-state index contributed by atoms with van der Waals surface area (Å²) in [6.07, 6.45) is 3.89. The number of nitrogens with one attached hydrogen (secondary N) is 2. The molecule has 0 saturated carbocycles. The molecule has 0 bridgehead atoms. The number of aryl methyl sites for hydroxylation is 1. The van der Waals surface area contributed by atoms with Crippen LogP contribution in [0.5, 0.6) is 0 Å². The normalized spacial score (nSPS) is 10.6. The Morgan fingerprint density at radius 3 is 2.61 bits per heavy atom. The van der Waals surface area contributed by atoms with Gasteiger partial charge in [-0.05, 0) is 54.4 Å². The Kier molecular flexibility index (Phi) is 6.16. The van der Waals surface area contributed by atoms with Crippen LogP contribution in [0.3, 0.4) is 0 Å². The van der Waals surface area contributed by atoms with Crippen molar-refractivity contribution < 1.29 is 14.0 Å². The van der Waals surface area contributed by atoms with Gasteiger partial charge in [-0.3, -0.25) is 14.9 Å². The van der Waals surface area contributed by atoms with Gasteiger partial charge >= 0.3 is 0 Å². The van der Waals surface area contributed by atoms with E-state index >= 15 is 0 Å². The van der Waals surface area contributed by atoms with E-state index in [-0.39, 0.29) is 17.6 Å².